The van der Waals surface area contributed by atoms with Gasteiger partial charge in [-0.2, -0.15) is 24.9 Å². The Hall–Kier alpha value is -1.96. The number of carbonyl (C=O) groups excluding carboxylic acids is 1. The van der Waals surface area contributed by atoms with Crippen molar-refractivity contribution in [3.05, 3.63) is 45.7 Å². The summed E-state index contributed by atoms with van der Waals surface area (Å²) in [7, 11) is 0. The number of ether oxygens (including phenoxy) is 1. The zero-order valence-corrected chi connectivity index (χ0v) is 13.0. The Morgan fingerprint density at radius 2 is 2.13 bits per heavy atom. The topological polar surface area (TPSA) is 59.2 Å². The van der Waals surface area contributed by atoms with Crippen molar-refractivity contribution in [3.8, 4) is 0 Å². The molecule has 0 radical (unpaired) electrons. The van der Waals surface area contributed by atoms with Crippen molar-refractivity contribution in [2.75, 3.05) is 12.4 Å². The van der Waals surface area contributed by atoms with E-state index in [0.29, 0.717) is 17.8 Å². The quantitative estimate of drug-likeness (QED) is 0.814. The first kappa shape index (κ1) is 17.4. The molecule has 2 rings (SSSR count). The van der Waals surface area contributed by atoms with E-state index in [1.54, 1.807) is 0 Å². The molecule has 0 fully saturated rings. The first-order chi connectivity index (χ1) is 10.9. The van der Waals surface area contributed by atoms with E-state index in [4.69, 9.17) is 4.74 Å². The molecule has 0 saturated heterocycles. The summed E-state index contributed by atoms with van der Waals surface area (Å²) in [6.45, 7) is 2.22. The van der Waals surface area contributed by atoms with Crippen LogP contribution >= 0.6 is 11.8 Å². The first-order valence-corrected chi connectivity index (χ1v) is 7.82. The number of hydrogen-bond acceptors (Lipinski definition) is 4. The van der Waals surface area contributed by atoms with Gasteiger partial charge < -0.3 is 9.72 Å². The minimum absolute atomic E-state index is 0.0250. The van der Waals surface area contributed by atoms with Gasteiger partial charge in [-0.25, -0.2) is 0 Å². The summed E-state index contributed by atoms with van der Waals surface area (Å²) in [5, 5.41) is -0.205. The number of benzene rings is 1. The van der Waals surface area contributed by atoms with E-state index in [0.717, 1.165) is 18.2 Å². The standard InChI is InChI=1S/C15H14F3NO3S/c1-2-23-13(7-22-8-20)11-6-19-12-5-9(15(16,17)18)3-4-10(12)14(11)21/h3-6,8,13H,2,7H2,1H3,(H,19,21). The number of halogens is 3. The number of pyridine rings is 1. The van der Waals surface area contributed by atoms with E-state index in [1.165, 1.54) is 18.0 Å². The number of carbonyl (C=O) groups is 1. The molecule has 4 nitrogen and oxygen atoms in total. The van der Waals surface area contributed by atoms with Crippen LogP contribution in [0.3, 0.4) is 0 Å². The molecule has 1 heterocycles. The Balaban J connectivity index is 2.49. The van der Waals surface area contributed by atoms with Crippen LogP contribution < -0.4 is 5.43 Å². The molecule has 8 heteroatoms. The lowest BCUT2D eigenvalue weighted by atomic mass is 10.1. The highest BCUT2D eigenvalue weighted by Crippen LogP contribution is 2.31. The van der Waals surface area contributed by atoms with Gasteiger partial charge in [0.05, 0.1) is 10.8 Å². The van der Waals surface area contributed by atoms with Crippen molar-refractivity contribution in [1.29, 1.82) is 0 Å². The van der Waals surface area contributed by atoms with E-state index in [-0.39, 0.29) is 28.2 Å². The summed E-state index contributed by atoms with van der Waals surface area (Å²) >= 11 is 1.42. The Morgan fingerprint density at radius 3 is 2.74 bits per heavy atom. The second-order valence-electron chi connectivity index (χ2n) is 4.70. The molecule has 1 N–H and O–H groups in total. The normalized spacial score (nSPS) is 13.0. The van der Waals surface area contributed by atoms with Crippen LogP contribution in [0.5, 0.6) is 0 Å². The molecule has 1 aromatic heterocycles. The van der Waals surface area contributed by atoms with Crippen LogP contribution in [0.15, 0.2) is 29.2 Å². The summed E-state index contributed by atoms with van der Waals surface area (Å²) < 4.78 is 42.9. The van der Waals surface area contributed by atoms with Gasteiger partial charge in [-0.3, -0.25) is 9.59 Å². The maximum atomic E-state index is 12.7. The fraction of sp³-hybridized carbons (Fsp3) is 0.333. The molecule has 1 aromatic carbocycles. The van der Waals surface area contributed by atoms with Gasteiger partial charge >= 0.3 is 6.18 Å². The highest BCUT2D eigenvalue weighted by molar-refractivity contribution is 7.99. The van der Waals surface area contributed by atoms with Crippen LogP contribution in [0.4, 0.5) is 13.2 Å². The fourth-order valence-corrected chi connectivity index (χ4v) is 3.14. The highest BCUT2D eigenvalue weighted by Gasteiger charge is 2.30. The molecular formula is C15H14F3NO3S. The summed E-state index contributed by atoms with van der Waals surface area (Å²) in [5.41, 5.74) is -0.707. The fourth-order valence-electron chi connectivity index (χ4n) is 2.21. The lowest BCUT2D eigenvalue weighted by molar-refractivity contribution is -0.137. The summed E-state index contributed by atoms with van der Waals surface area (Å²) in [6, 6.07) is 2.95. The zero-order valence-electron chi connectivity index (χ0n) is 12.1. The first-order valence-electron chi connectivity index (χ1n) is 6.77. The van der Waals surface area contributed by atoms with Gasteiger partial charge in [-0.05, 0) is 24.0 Å². The van der Waals surface area contributed by atoms with E-state index in [9.17, 15) is 22.8 Å². The monoisotopic (exact) mass is 345 g/mol. The number of aromatic nitrogens is 1. The van der Waals surface area contributed by atoms with Gasteiger partial charge in [0.2, 0.25) is 0 Å². The van der Waals surface area contributed by atoms with E-state index in [2.05, 4.69) is 4.98 Å². The Kier molecular flexibility index (Phi) is 5.35. The van der Waals surface area contributed by atoms with Gasteiger partial charge in [0.25, 0.3) is 6.47 Å². The van der Waals surface area contributed by atoms with E-state index < -0.39 is 11.7 Å². The number of nitrogens with one attached hydrogen (secondary N) is 1. The lowest BCUT2D eigenvalue weighted by Gasteiger charge is -2.15. The highest BCUT2D eigenvalue weighted by atomic mass is 32.2. The van der Waals surface area contributed by atoms with Crippen LogP contribution in [-0.2, 0) is 15.7 Å². The second-order valence-corrected chi connectivity index (χ2v) is 6.18. The number of aromatic amines is 1. The van der Waals surface area contributed by atoms with Gasteiger partial charge in [-0.1, -0.05) is 6.92 Å². The minimum Gasteiger partial charge on any atom is -0.466 e. The zero-order chi connectivity index (χ0) is 17.0. The van der Waals surface area contributed by atoms with Crippen LogP contribution in [0, 0.1) is 0 Å². The van der Waals surface area contributed by atoms with Gasteiger partial charge in [0, 0.05) is 22.7 Å². The predicted molar refractivity (Wildman–Crippen MR) is 82.5 cm³/mol. The number of rotatable bonds is 6. The van der Waals surface area contributed by atoms with E-state index in [1.807, 2.05) is 6.92 Å². The Bertz CT molecular complexity index is 758. The molecular weight excluding hydrogens is 331 g/mol. The third-order valence-corrected chi connectivity index (χ3v) is 4.39. The third kappa shape index (κ3) is 3.87. The van der Waals surface area contributed by atoms with Crippen LogP contribution in [-0.4, -0.2) is 23.8 Å². The lowest BCUT2D eigenvalue weighted by Crippen LogP contribution is -2.17. The SMILES string of the molecule is CCSC(COC=O)c1c[nH]c2cc(C(F)(F)F)ccc2c1=O. The number of H-pyrrole nitrogens is 1. The molecule has 0 amide bonds. The maximum Gasteiger partial charge on any atom is 0.416 e. The molecule has 124 valence electrons. The van der Waals surface area contributed by atoms with Gasteiger partial charge in [-0.15, -0.1) is 0 Å². The molecule has 0 aliphatic rings. The summed E-state index contributed by atoms with van der Waals surface area (Å²) in [5.74, 6) is 0.692. The Labute approximate surface area is 134 Å². The van der Waals surface area contributed by atoms with Crippen LogP contribution in [0.1, 0.15) is 23.3 Å². The van der Waals surface area contributed by atoms with Crippen molar-refractivity contribution in [2.45, 2.75) is 18.3 Å². The Morgan fingerprint density at radius 1 is 1.39 bits per heavy atom. The van der Waals surface area contributed by atoms with Crippen LogP contribution in [0.2, 0.25) is 0 Å². The second kappa shape index (κ2) is 7.08. The summed E-state index contributed by atoms with van der Waals surface area (Å²) in [6.07, 6.45) is -3.09. The van der Waals surface area contributed by atoms with Crippen molar-refractivity contribution >= 4 is 29.1 Å². The largest absolute Gasteiger partial charge is 0.466 e. The van der Waals surface area contributed by atoms with Crippen molar-refractivity contribution < 1.29 is 22.7 Å². The van der Waals surface area contributed by atoms with Crippen molar-refractivity contribution in [3.63, 3.8) is 0 Å². The number of fused-ring (bicyclic) bond motifs is 1. The van der Waals surface area contributed by atoms with Gasteiger partial charge in [0.15, 0.2) is 5.43 Å². The summed E-state index contributed by atoms with van der Waals surface area (Å²) in [4.78, 5) is 25.6. The van der Waals surface area contributed by atoms with Crippen molar-refractivity contribution in [1.82, 2.24) is 4.98 Å². The average molecular weight is 345 g/mol. The van der Waals surface area contributed by atoms with Crippen LogP contribution in [0.25, 0.3) is 10.9 Å². The molecule has 0 aliphatic heterocycles. The molecule has 0 aliphatic carbocycles. The molecule has 1 atom stereocenters. The molecule has 0 bridgehead atoms. The van der Waals surface area contributed by atoms with Gasteiger partial charge in [0.1, 0.15) is 6.61 Å². The maximum absolute atomic E-state index is 12.7. The molecule has 23 heavy (non-hydrogen) atoms. The third-order valence-electron chi connectivity index (χ3n) is 3.27. The smallest absolute Gasteiger partial charge is 0.416 e. The minimum atomic E-state index is -4.47. The number of hydrogen-bond donors (Lipinski definition) is 1. The predicted octanol–water partition coefficient (Wildman–Crippen LogP) is 3.51. The van der Waals surface area contributed by atoms with Crippen molar-refractivity contribution in [2.24, 2.45) is 0 Å². The number of alkyl halides is 3. The van der Waals surface area contributed by atoms with E-state index >= 15 is 0 Å². The molecule has 1 unspecified atom stereocenters. The molecule has 0 saturated carbocycles. The average Bonchev–Trinajstić information content (AvgIpc) is 2.51. The molecule has 0 spiro atoms. The number of thioether (sulfide) groups is 1. The molecule has 2 aromatic rings.